The summed E-state index contributed by atoms with van der Waals surface area (Å²) in [4.78, 5) is 21.2. The standard InChI is InChI=1S/C13H16N2O6S/c16-12(17)13(7-2-1-3-8-13)14-22(20,21)11-6-4-5-10(9-11)15(18)19/h4-6,9,14H,1-3,7-8H2,(H,16,17). The Balaban J connectivity index is 2.35. The Morgan fingerprint density at radius 1 is 1.27 bits per heavy atom. The number of carboxylic acids is 1. The molecule has 2 N–H and O–H groups in total. The van der Waals surface area contributed by atoms with E-state index in [1.165, 1.54) is 18.2 Å². The fraction of sp³-hybridized carbons (Fsp3) is 0.462. The van der Waals surface area contributed by atoms with Crippen LogP contribution in [0.1, 0.15) is 32.1 Å². The second kappa shape index (κ2) is 6.01. The van der Waals surface area contributed by atoms with Crippen LogP contribution in [0, 0.1) is 10.1 Å². The Morgan fingerprint density at radius 3 is 2.45 bits per heavy atom. The molecule has 1 aromatic carbocycles. The van der Waals surface area contributed by atoms with Crippen LogP contribution in [0.3, 0.4) is 0 Å². The van der Waals surface area contributed by atoms with Crippen LogP contribution in [0.5, 0.6) is 0 Å². The van der Waals surface area contributed by atoms with E-state index < -0.39 is 26.5 Å². The minimum Gasteiger partial charge on any atom is -0.480 e. The minimum atomic E-state index is -4.15. The lowest BCUT2D eigenvalue weighted by molar-refractivity contribution is -0.385. The molecule has 0 heterocycles. The average Bonchev–Trinajstić information content (AvgIpc) is 2.47. The van der Waals surface area contributed by atoms with Gasteiger partial charge in [-0.15, -0.1) is 0 Å². The van der Waals surface area contributed by atoms with Crippen molar-refractivity contribution in [3.05, 3.63) is 34.4 Å². The summed E-state index contributed by atoms with van der Waals surface area (Å²) in [7, 11) is -4.15. The molecule has 0 bridgehead atoms. The highest BCUT2D eigenvalue weighted by atomic mass is 32.2. The van der Waals surface area contributed by atoms with Crippen LogP contribution in [-0.2, 0) is 14.8 Å². The van der Waals surface area contributed by atoms with Gasteiger partial charge in [0.2, 0.25) is 10.0 Å². The first kappa shape index (κ1) is 16.4. The van der Waals surface area contributed by atoms with Gasteiger partial charge >= 0.3 is 5.97 Å². The molecule has 0 aliphatic heterocycles. The molecule has 1 aliphatic rings. The summed E-state index contributed by atoms with van der Waals surface area (Å²) in [6.45, 7) is 0. The van der Waals surface area contributed by atoms with Gasteiger partial charge in [-0.05, 0) is 18.9 Å². The lowest BCUT2D eigenvalue weighted by atomic mass is 9.83. The lowest BCUT2D eigenvalue weighted by Crippen LogP contribution is -2.55. The van der Waals surface area contributed by atoms with E-state index in [1.807, 2.05) is 0 Å². The fourth-order valence-electron chi connectivity index (χ4n) is 2.60. The predicted molar refractivity (Wildman–Crippen MR) is 76.9 cm³/mol. The molecule has 22 heavy (non-hydrogen) atoms. The largest absolute Gasteiger partial charge is 0.480 e. The molecule has 1 saturated carbocycles. The number of nitrogens with zero attached hydrogens (tertiary/aromatic N) is 1. The van der Waals surface area contributed by atoms with E-state index in [2.05, 4.69) is 4.72 Å². The topological polar surface area (TPSA) is 127 Å². The van der Waals surface area contributed by atoms with E-state index in [9.17, 15) is 28.4 Å². The number of aliphatic carboxylic acids is 1. The number of hydrogen-bond donors (Lipinski definition) is 2. The molecule has 0 radical (unpaired) electrons. The Morgan fingerprint density at radius 2 is 1.91 bits per heavy atom. The Hall–Kier alpha value is -2.00. The maximum Gasteiger partial charge on any atom is 0.324 e. The number of rotatable bonds is 5. The van der Waals surface area contributed by atoms with Crippen LogP contribution in [0.2, 0.25) is 0 Å². The minimum absolute atomic E-state index is 0.205. The zero-order valence-corrected chi connectivity index (χ0v) is 12.5. The summed E-state index contributed by atoms with van der Waals surface area (Å²) < 4.78 is 27.0. The highest BCUT2D eigenvalue weighted by molar-refractivity contribution is 7.89. The van der Waals surface area contributed by atoms with Gasteiger partial charge in [0.05, 0.1) is 9.82 Å². The second-order valence-corrected chi connectivity index (χ2v) is 6.99. The highest BCUT2D eigenvalue weighted by Gasteiger charge is 2.43. The van der Waals surface area contributed by atoms with Crippen molar-refractivity contribution in [2.24, 2.45) is 0 Å². The third kappa shape index (κ3) is 3.25. The molecule has 1 aliphatic carbocycles. The van der Waals surface area contributed by atoms with Crippen LogP contribution >= 0.6 is 0 Å². The molecular weight excluding hydrogens is 312 g/mol. The van der Waals surface area contributed by atoms with E-state index in [0.29, 0.717) is 12.8 Å². The number of nitro groups is 1. The molecule has 120 valence electrons. The van der Waals surface area contributed by atoms with Crippen molar-refractivity contribution in [1.29, 1.82) is 0 Å². The Labute approximate surface area is 127 Å². The quantitative estimate of drug-likeness (QED) is 0.625. The van der Waals surface area contributed by atoms with Crippen molar-refractivity contribution in [3.63, 3.8) is 0 Å². The summed E-state index contributed by atoms with van der Waals surface area (Å²) in [5.74, 6) is -1.22. The van der Waals surface area contributed by atoms with Gasteiger partial charge in [0.15, 0.2) is 0 Å². The van der Waals surface area contributed by atoms with E-state index >= 15 is 0 Å². The number of hydrogen-bond acceptors (Lipinski definition) is 5. The monoisotopic (exact) mass is 328 g/mol. The molecule has 1 fully saturated rings. The third-order valence-corrected chi connectivity index (χ3v) is 5.32. The van der Waals surface area contributed by atoms with E-state index in [0.717, 1.165) is 12.5 Å². The number of carboxylic acid groups (broad SMARTS) is 1. The number of non-ortho nitro benzene ring substituents is 1. The molecule has 8 nitrogen and oxygen atoms in total. The number of carbonyl (C=O) groups is 1. The van der Waals surface area contributed by atoms with Crippen molar-refractivity contribution in [1.82, 2.24) is 4.72 Å². The molecular formula is C13H16N2O6S. The smallest absolute Gasteiger partial charge is 0.324 e. The van der Waals surface area contributed by atoms with E-state index in [1.54, 1.807) is 0 Å². The molecule has 0 spiro atoms. The van der Waals surface area contributed by atoms with Crippen LogP contribution in [0.15, 0.2) is 29.2 Å². The van der Waals surface area contributed by atoms with Crippen LogP contribution in [-0.4, -0.2) is 30.0 Å². The first-order chi connectivity index (χ1) is 10.3. The molecule has 1 aromatic rings. The lowest BCUT2D eigenvalue weighted by Gasteiger charge is -2.33. The summed E-state index contributed by atoms with van der Waals surface area (Å²) >= 11 is 0. The molecule has 0 saturated heterocycles. The second-order valence-electron chi connectivity index (χ2n) is 5.31. The van der Waals surface area contributed by atoms with Gasteiger partial charge in [0, 0.05) is 12.1 Å². The average molecular weight is 328 g/mol. The van der Waals surface area contributed by atoms with Crippen LogP contribution in [0.25, 0.3) is 0 Å². The zero-order chi connectivity index (χ0) is 16.4. The van der Waals surface area contributed by atoms with Crippen molar-refractivity contribution < 1.29 is 23.2 Å². The number of nitro benzene ring substituents is 1. The highest BCUT2D eigenvalue weighted by Crippen LogP contribution is 2.30. The summed E-state index contributed by atoms with van der Waals surface area (Å²) in [6, 6.07) is 4.54. The SMILES string of the molecule is O=C(O)C1(NS(=O)(=O)c2cccc([N+](=O)[O-])c2)CCCCC1. The predicted octanol–water partition coefficient (Wildman–Crippen LogP) is 1.66. The van der Waals surface area contributed by atoms with Crippen molar-refractivity contribution in [2.75, 3.05) is 0 Å². The molecule has 0 amide bonds. The van der Waals surface area contributed by atoms with E-state index in [-0.39, 0.29) is 23.4 Å². The van der Waals surface area contributed by atoms with Crippen molar-refractivity contribution in [2.45, 2.75) is 42.5 Å². The maximum atomic E-state index is 12.4. The van der Waals surface area contributed by atoms with Crippen molar-refractivity contribution >= 4 is 21.7 Å². The van der Waals surface area contributed by atoms with E-state index in [4.69, 9.17) is 0 Å². The van der Waals surface area contributed by atoms with Crippen LogP contribution < -0.4 is 4.72 Å². The molecule has 0 atom stereocenters. The first-order valence-corrected chi connectivity index (χ1v) is 8.27. The first-order valence-electron chi connectivity index (χ1n) is 6.79. The van der Waals surface area contributed by atoms with Gasteiger partial charge in [-0.2, -0.15) is 4.72 Å². The number of nitrogens with one attached hydrogen (secondary N) is 1. The summed E-state index contributed by atoms with van der Waals surface area (Å²) in [5, 5.41) is 20.1. The van der Waals surface area contributed by atoms with Gasteiger partial charge in [0.1, 0.15) is 5.54 Å². The van der Waals surface area contributed by atoms with Gasteiger partial charge in [-0.1, -0.05) is 25.3 Å². The van der Waals surface area contributed by atoms with Crippen molar-refractivity contribution in [3.8, 4) is 0 Å². The van der Waals surface area contributed by atoms with Gasteiger partial charge < -0.3 is 5.11 Å². The number of sulfonamides is 1. The third-order valence-electron chi connectivity index (χ3n) is 3.78. The maximum absolute atomic E-state index is 12.4. The molecule has 0 unspecified atom stereocenters. The Kier molecular flexibility index (Phi) is 4.47. The normalized spacial score (nSPS) is 17.8. The molecule has 0 aromatic heterocycles. The summed E-state index contributed by atoms with van der Waals surface area (Å²) in [5.41, 5.74) is -1.90. The molecule has 2 rings (SSSR count). The van der Waals surface area contributed by atoms with Gasteiger partial charge in [-0.3, -0.25) is 14.9 Å². The van der Waals surface area contributed by atoms with Gasteiger partial charge in [0.25, 0.3) is 5.69 Å². The van der Waals surface area contributed by atoms with Crippen LogP contribution in [0.4, 0.5) is 5.69 Å². The fourth-order valence-corrected chi connectivity index (χ4v) is 4.05. The van der Waals surface area contributed by atoms with Gasteiger partial charge in [-0.25, -0.2) is 8.42 Å². The zero-order valence-electron chi connectivity index (χ0n) is 11.7. The molecule has 9 heteroatoms. The summed E-state index contributed by atoms with van der Waals surface area (Å²) in [6.07, 6.45) is 2.49. The number of benzene rings is 1. The Bertz CT molecular complexity index is 694.